The third-order valence-corrected chi connectivity index (χ3v) is 2.69. The van der Waals surface area contributed by atoms with Crippen molar-refractivity contribution in [1.29, 1.82) is 0 Å². The van der Waals surface area contributed by atoms with Crippen molar-refractivity contribution in [3.63, 3.8) is 0 Å². The highest BCUT2D eigenvalue weighted by molar-refractivity contribution is 7.99. The second-order valence-electron chi connectivity index (χ2n) is 2.77. The van der Waals surface area contributed by atoms with Crippen LogP contribution in [0.5, 0.6) is 0 Å². The van der Waals surface area contributed by atoms with Crippen LogP contribution in [0.25, 0.3) is 0 Å². The molecule has 80 valence electrons. The van der Waals surface area contributed by atoms with Gasteiger partial charge < -0.3 is 9.47 Å². The van der Waals surface area contributed by atoms with Gasteiger partial charge in [-0.25, -0.2) is 0 Å². The van der Waals surface area contributed by atoms with Crippen molar-refractivity contribution in [1.82, 2.24) is 0 Å². The fourth-order valence-corrected chi connectivity index (χ4v) is 1.99. The van der Waals surface area contributed by atoms with Crippen LogP contribution in [-0.2, 0) is 9.47 Å². The summed E-state index contributed by atoms with van der Waals surface area (Å²) in [6, 6.07) is 0. The maximum absolute atomic E-state index is 5.42. The molecule has 0 atom stereocenters. The number of hydrogen-bond donors (Lipinski definition) is 0. The van der Waals surface area contributed by atoms with Crippen LogP contribution >= 0.6 is 11.8 Å². The molecule has 3 heteroatoms. The summed E-state index contributed by atoms with van der Waals surface area (Å²) in [6.45, 7) is 7.69. The first-order valence-electron chi connectivity index (χ1n) is 5.16. The molecule has 0 aliphatic rings. The SMILES string of the molecule is CCCCSCC(OCC)OCC. The summed E-state index contributed by atoms with van der Waals surface area (Å²) < 4.78 is 10.8. The average molecular weight is 206 g/mol. The highest BCUT2D eigenvalue weighted by Gasteiger charge is 2.06. The lowest BCUT2D eigenvalue weighted by molar-refractivity contribution is -0.120. The van der Waals surface area contributed by atoms with Crippen LogP contribution in [0.1, 0.15) is 33.6 Å². The van der Waals surface area contributed by atoms with Crippen LogP contribution in [0.3, 0.4) is 0 Å². The van der Waals surface area contributed by atoms with Crippen LogP contribution in [0.2, 0.25) is 0 Å². The molecule has 0 unspecified atom stereocenters. The lowest BCUT2D eigenvalue weighted by Crippen LogP contribution is -2.20. The van der Waals surface area contributed by atoms with Crippen molar-refractivity contribution in [3.8, 4) is 0 Å². The molecule has 0 amide bonds. The molecule has 0 saturated carbocycles. The Hall–Kier alpha value is 0.270. The predicted molar refractivity (Wildman–Crippen MR) is 59.3 cm³/mol. The maximum Gasteiger partial charge on any atom is 0.166 e. The smallest absolute Gasteiger partial charge is 0.166 e. The summed E-state index contributed by atoms with van der Waals surface area (Å²) in [5.74, 6) is 2.18. The average Bonchev–Trinajstić information content (AvgIpc) is 2.13. The van der Waals surface area contributed by atoms with Crippen molar-refractivity contribution in [3.05, 3.63) is 0 Å². The van der Waals surface area contributed by atoms with E-state index < -0.39 is 0 Å². The van der Waals surface area contributed by atoms with Crippen LogP contribution in [0.4, 0.5) is 0 Å². The first-order valence-corrected chi connectivity index (χ1v) is 6.31. The van der Waals surface area contributed by atoms with Crippen LogP contribution < -0.4 is 0 Å². The van der Waals surface area contributed by atoms with Crippen LogP contribution in [-0.4, -0.2) is 31.0 Å². The summed E-state index contributed by atoms with van der Waals surface area (Å²) in [4.78, 5) is 0. The summed E-state index contributed by atoms with van der Waals surface area (Å²) in [5, 5.41) is 0. The summed E-state index contributed by atoms with van der Waals surface area (Å²) in [7, 11) is 0. The predicted octanol–water partition coefficient (Wildman–Crippen LogP) is 2.92. The van der Waals surface area contributed by atoms with Crippen molar-refractivity contribution in [2.45, 2.75) is 39.9 Å². The quantitative estimate of drug-likeness (QED) is 0.427. The highest BCUT2D eigenvalue weighted by atomic mass is 32.2. The number of thioether (sulfide) groups is 1. The second-order valence-corrected chi connectivity index (χ2v) is 3.92. The maximum atomic E-state index is 5.42. The Morgan fingerprint density at radius 1 is 1.08 bits per heavy atom. The van der Waals surface area contributed by atoms with Gasteiger partial charge in [-0.2, -0.15) is 11.8 Å². The highest BCUT2D eigenvalue weighted by Crippen LogP contribution is 2.09. The number of hydrogen-bond acceptors (Lipinski definition) is 3. The molecular weight excluding hydrogens is 184 g/mol. The van der Waals surface area contributed by atoms with Gasteiger partial charge in [-0.05, 0) is 26.0 Å². The zero-order chi connectivity index (χ0) is 9.94. The van der Waals surface area contributed by atoms with E-state index in [0.717, 1.165) is 19.0 Å². The number of ether oxygens (including phenoxy) is 2. The molecular formula is C10H22O2S. The molecule has 13 heavy (non-hydrogen) atoms. The third-order valence-electron chi connectivity index (χ3n) is 1.60. The molecule has 0 radical (unpaired) electrons. The largest absolute Gasteiger partial charge is 0.352 e. The molecule has 0 bridgehead atoms. The van der Waals surface area contributed by atoms with Gasteiger partial charge in [-0.15, -0.1) is 0 Å². The van der Waals surface area contributed by atoms with Crippen LogP contribution in [0, 0.1) is 0 Å². The molecule has 0 aromatic heterocycles. The second kappa shape index (κ2) is 10.4. The molecule has 0 spiro atoms. The van der Waals surface area contributed by atoms with Gasteiger partial charge in [0, 0.05) is 19.0 Å². The Morgan fingerprint density at radius 2 is 1.69 bits per heavy atom. The minimum absolute atomic E-state index is 0.00291. The Balaban J connectivity index is 3.33. The van der Waals surface area contributed by atoms with E-state index in [2.05, 4.69) is 6.92 Å². The van der Waals surface area contributed by atoms with Gasteiger partial charge in [0.25, 0.3) is 0 Å². The van der Waals surface area contributed by atoms with E-state index in [-0.39, 0.29) is 6.29 Å². The van der Waals surface area contributed by atoms with E-state index in [1.54, 1.807) is 0 Å². The Morgan fingerprint density at radius 3 is 2.15 bits per heavy atom. The molecule has 0 saturated heterocycles. The van der Waals surface area contributed by atoms with Crippen molar-refractivity contribution in [2.75, 3.05) is 24.7 Å². The van der Waals surface area contributed by atoms with Gasteiger partial charge in [-0.3, -0.25) is 0 Å². The lowest BCUT2D eigenvalue weighted by Gasteiger charge is -2.16. The Kier molecular flexibility index (Phi) is 10.6. The van der Waals surface area contributed by atoms with Gasteiger partial charge in [0.2, 0.25) is 0 Å². The van der Waals surface area contributed by atoms with Crippen molar-refractivity contribution in [2.24, 2.45) is 0 Å². The number of rotatable bonds is 9. The zero-order valence-electron chi connectivity index (χ0n) is 9.04. The fraction of sp³-hybridized carbons (Fsp3) is 1.00. The van der Waals surface area contributed by atoms with Gasteiger partial charge in [0.05, 0.1) is 0 Å². The minimum Gasteiger partial charge on any atom is -0.352 e. The number of unbranched alkanes of at least 4 members (excludes halogenated alkanes) is 1. The normalized spacial score (nSPS) is 11.1. The summed E-state index contributed by atoms with van der Waals surface area (Å²) >= 11 is 1.92. The Labute approximate surface area is 86.4 Å². The summed E-state index contributed by atoms with van der Waals surface area (Å²) in [6.07, 6.45) is 2.55. The summed E-state index contributed by atoms with van der Waals surface area (Å²) in [5.41, 5.74) is 0. The van der Waals surface area contributed by atoms with Gasteiger partial charge >= 0.3 is 0 Å². The van der Waals surface area contributed by atoms with Gasteiger partial charge in [-0.1, -0.05) is 13.3 Å². The lowest BCUT2D eigenvalue weighted by atomic mass is 10.4. The molecule has 0 aliphatic heterocycles. The molecule has 0 fully saturated rings. The standard InChI is InChI=1S/C10H22O2S/c1-4-7-8-13-9-10(11-5-2)12-6-3/h10H,4-9H2,1-3H3. The molecule has 0 heterocycles. The molecule has 0 aromatic rings. The van der Waals surface area contributed by atoms with Crippen molar-refractivity contribution < 1.29 is 9.47 Å². The first kappa shape index (κ1) is 13.3. The first-order chi connectivity index (χ1) is 6.35. The van der Waals surface area contributed by atoms with E-state index in [4.69, 9.17) is 9.47 Å². The van der Waals surface area contributed by atoms with Crippen LogP contribution in [0.15, 0.2) is 0 Å². The molecule has 2 nitrogen and oxygen atoms in total. The van der Waals surface area contributed by atoms with E-state index >= 15 is 0 Å². The molecule has 0 aliphatic carbocycles. The molecule has 0 rings (SSSR count). The monoisotopic (exact) mass is 206 g/mol. The Bertz CT molecular complexity index is 92.9. The zero-order valence-corrected chi connectivity index (χ0v) is 9.86. The van der Waals surface area contributed by atoms with E-state index in [9.17, 15) is 0 Å². The third kappa shape index (κ3) is 8.60. The van der Waals surface area contributed by atoms with Gasteiger partial charge in [0.1, 0.15) is 0 Å². The van der Waals surface area contributed by atoms with Crippen molar-refractivity contribution >= 4 is 11.8 Å². The van der Waals surface area contributed by atoms with E-state index in [1.807, 2.05) is 25.6 Å². The molecule has 0 N–H and O–H groups in total. The minimum atomic E-state index is -0.00291. The van der Waals surface area contributed by atoms with E-state index in [1.165, 1.54) is 18.6 Å². The molecule has 0 aromatic carbocycles. The van der Waals surface area contributed by atoms with E-state index in [0.29, 0.717) is 0 Å². The topological polar surface area (TPSA) is 18.5 Å². The van der Waals surface area contributed by atoms with Gasteiger partial charge in [0.15, 0.2) is 6.29 Å². The fourth-order valence-electron chi connectivity index (χ4n) is 0.942.